The zero-order valence-corrected chi connectivity index (χ0v) is 84.5. The molecule has 8 rings (SSSR count). The molecular weight excluding hydrogens is 1920 g/mol. The Balaban J connectivity index is 0.000000846. The minimum atomic E-state index is -0.195. The molecule has 0 atom stereocenters. The Kier molecular flexibility index (Phi) is 56.6. The standard InChI is InChI=1S/4C12H19N5O2.4C11H17N5O2/c1-17(2)12(14)16-11(13)15-6-5-8-3-4-9(18)10(19)7-8;1-15-11(13)16-12(14)17(2)6-5-8-3-4-9(18)10(19)7-8;1-16(12(15)17(2)11(13)14)6-5-8-3-4-9(18)10(19)7-8;1-15-12(16-11(13)14)17(2)6-5-8-3-4-9(18)10(19)7-8;1-14-10(12)16-11(13)15-5-4-7-2-3-8(17)9(18)6-7;1-16(11(14)15-10(12)13)5-4-7-2-3-8(17)9(18)6-7;1-16(10(12)13)11(14)15-5-4-7-2-3-8(17)9(18)6-7;1-14-11(16-10(12)13)15-5-4-7-2-3-8(17)9(18)6-7/h2*3-4,7,18-19H,5-6H2,1-2H3,(H4,13,14,15,16);3-4,7,15,18-19H,5-6H2,1-2H3,(H3,13,14);3-4,7,18-19H,5-6H2,1-2H3,(H4,13,14,15,16);2-3,6,17-18H,4-5H2,1H3,(H5,12,13,14,15,16);2-3,6,17-18H,4-5H2,1H3,(H5,12,13,14,15);2-3,6,17-18H,4-5H2,1H3,(H3,12,13)(H2,14,15);2-3,6,17-18H,4-5H2,1H3,(H5,12,13,14,15,16). The highest BCUT2D eigenvalue weighted by Crippen LogP contribution is 2.32. The van der Waals surface area contributed by atoms with Gasteiger partial charge < -0.3 is 198 Å². The molecule has 0 amide bonds. The van der Waals surface area contributed by atoms with Gasteiger partial charge in [0.2, 0.25) is 29.8 Å². The molecule has 56 nitrogen and oxygen atoms in total. The molecule has 808 valence electrons. The predicted octanol–water partition coefficient (Wildman–Crippen LogP) is -1.64. The summed E-state index contributed by atoms with van der Waals surface area (Å²) in [6.45, 7) is 4.05. The molecule has 0 heterocycles. The molecule has 0 saturated carbocycles. The van der Waals surface area contributed by atoms with Crippen molar-refractivity contribution in [2.24, 2.45) is 146 Å². The van der Waals surface area contributed by atoms with Crippen molar-refractivity contribution in [3.8, 4) is 92.0 Å². The first-order chi connectivity index (χ1) is 69.4. The highest BCUT2D eigenvalue weighted by Gasteiger charge is 2.16. The second-order valence-electron chi connectivity index (χ2n) is 31.3. The summed E-state index contributed by atoms with van der Waals surface area (Å²) in [5, 5.41) is 184. The number of likely N-dealkylation sites (N-methyl/N-ethyl adjacent to an activating group) is 4. The van der Waals surface area contributed by atoms with Gasteiger partial charge in [-0.15, -0.1) is 0 Å². The summed E-state index contributed by atoms with van der Waals surface area (Å²) in [6, 6.07) is 37.1. The zero-order chi connectivity index (χ0) is 112. The number of nitrogens with one attached hydrogen (secondary N) is 6. The van der Waals surface area contributed by atoms with Crippen molar-refractivity contribution in [2.75, 3.05) is 137 Å². The van der Waals surface area contributed by atoms with Crippen LogP contribution >= 0.6 is 0 Å². The van der Waals surface area contributed by atoms with Crippen molar-refractivity contribution in [2.45, 2.75) is 51.4 Å². The fourth-order valence-corrected chi connectivity index (χ4v) is 10.9. The third kappa shape index (κ3) is 51.6. The van der Waals surface area contributed by atoms with Crippen molar-refractivity contribution < 1.29 is 81.7 Å². The third-order valence-corrected chi connectivity index (χ3v) is 19.6. The van der Waals surface area contributed by atoms with Crippen LogP contribution in [0.15, 0.2) is 206 Å². The molecule has 0 bridgehead atoms. The van der Waals surface area contributed by atoms with Gasteiger partial charge in [0.1, 0.15) is 0 Å². The van der Waals surface area contributed by atoms with Gasteiger partial charge in [0, 0.05) is 137 Å². The van der Waals surface area contributed by atoms with Crippen LogP contribution in [-0.2, 0) is 51.4 Å². The Bertz CT molecular complexity index is 6000. The maximum atomic E-state index is 9.40. The highest BCUT2D eigenvalue weighted by atomic mass is 16.3. The molecule has 0 unspecified atom stereocenters. The van der Waals surface area contributed by atoms with Crippen molar-refractivity contribution in [3.05, 3.63) is 190 Å². The number of phenols is 16. The van der Waals surface area contributed by atoms with E-state index in [1.807, 2.05) is 7.05 Å². The van der Waals surface area contributed by atoms with E-state index in [1.165, 1.54) is 121 Å². The Morgan fingerprint density at radius 1 is 0.277 bits per heavy atom. The number of aromatic hydroxyl groups is 16. The lowest BCUT2D eigenvalue weighted by Crippen LogP contribution is -2.46. The Morgan fingerprint density at radius 3 is 0.885 bits per heavy atom. The summed E-state index contributed by atoms with van der Waals surface area (Å²) < 4.78 is 0. The molecule has 52 N–H and O–H groups in total. The minimum absolute atomic E-state index is 0.0296. The van der Waals surface area contributed by atoms with Gasteiger partial charge in [0.25, 0.3) is 0 Å². The summed E-state index contributed by atoms with van der Waals surface area (Å²) in [6.07, 6.45) is 4.83. The van der Waals surface area contributed by atoms with Crippen LogP contribution in [0.4, 0.5) is 0 Å². The fraction of sp³-hybridized carbons (Fsp3) is 0.304. The summed E-state index contributed by atoms with van der Waals surface area (Å²) in [7, 11) is 19.9. The average molecular weight is 2070 g/mol. The number of nitrogens with zero attached hydrogens (tertiary/aromatic N) is 19. The zero-order valence-electron chi connectivity index (χ0n) is 84.5. The van der Waals surface area contributed by atoms with E-state index in [2.05, 4.69) is 70.5 Å². The number of hydrogen-bond acceptors (Lipinski definition) is 27. The molecule has 0 fully saturated rings. The monoisotopic (exact) mass is 2070 g/mol. The SMILES string of the molecule is CN(C(=N)N)C(N)=NCCc1ccc(O)c(O)c1.CN(C)C(N)=NC(N)=NCCc1ccc(O)c(O)c1.CN(CCc1ccc(O)c(O)c1)C(=N)N(C)C(=N)N.CN(CCc1ccc(O)c(O)c1)C(=N)N=C(N)N.CN=C(N)N=C(N)N(C)CCc1ccc(O)c(O)c1.CN=C(N)NC(N)=NCCc1ccc(O)c(O)c1.CN=C(N=C(N)N)N(C)CCc1ccc(O)c(O)c1.CN=C(N=C(N)N)NCCc1ccc(O)c(O)c1. The lowest BCUT2D eigenvalue weighted by atomic mass is 10.1. The highest BCUT2D eigenvalue weighted by molar-refractivity contribution is 5.99. The lowest BCUT2D eigenvalue weighted by Gasteiger charge is -2.26. The smallest absolute Gasteiger partial charge is 0.223 e. The van der Waals surface area contributed by atoms with Gasteiger partial charge >= 0.3 is 0 Å². The summed E-state index contributed by atoms with van der Waals surface area (Å²) in [5.74, 6) is -0.794. The van der Waals surface area contributed by atoms with Crippen LogP contribution in [0, 0.1) is 21.6 Å². The van der Waals surface area contributed by atoms with Gasteiger partial charge in [-0.1, -0.05) is 48.5 Å². The Hall–Kier alpha value is -19.5. The quantitative estimate of drug-likeness (QED) is 0.0183. The van der Waals surface area contributed by atoms with Gasteiger partial charge in [-0.25, -0.2) is 0 Å². The van der Waals surface area contributed by atoms with E-state index < -0.39 is 0 Å². The predicted molar refractivity (Wildman–Crippen MR) is 580 cm³/mol. The number of aliphatic imine (C=N–C) groups is 12. The number of rotatable bonds is 24. The maximum Gasteiger partial charge on any atom is 0.223 e. The van der Waals surface area contributed by atoms with E-state index in [4.69, 9.17) is 128 Å². The van der Waals surface area contributed by atoms with E-state index in [1.54, 1.807) is 136 Å². The van der Waals surface area contributed by atoms with Crippen LogP contribution in [0.25, 0.3) is 0 Å². The van der Waals surface area contributed by atoms with Crippen molar-refractivity contribution in [1.29, 1.82) is 21.6 Å². The van der Waals surface area contributed by atoms with Crippen LogP contribution < -0.4 is 96.6 Å². The molecule has 148 heavy (non-hydrogen) atoms. The topological polar surface area (TPSA) is 1000 Å². The molecule has 0 aromatic heterocycles. The molecule has 0 spiro atoms. The number of benzene rings is 8. The van der Waals surface area contributed by atoms with E-state index in [-0.39, 0.29) is 175 Å². The molecular formula is C92H144N40O16. The molecule has 0 saturated heterocycles. The molecule has 0 radical (unpaired) electrons. The van der Waals surface area contributed by atoms with Crippen molar-refractivity contribution in [3.63, 3.8) is 0 Å². The molecule has 0 aliphatic rings. The first-order valence-electron chi connectivity index (χ1n) is 44.1. The largest absolute Gasteiger partial charge is 0.504 e. The van der Waals surface area contributed by atoms with E-state index in [0.717, 1.165) is 44.5 Å². The third-order valence-electron chi connectivity index (χ3n) is 19.6. The van der Waals surface area contributed by atoms with Gasteiger partial charge in [0.15, 0.2) is 158 Å². The second-order valence-corrected chi connectivity index (χ2v) is 31.3. The van der Waals surface area contributed by atoms with Crippen LogP contribution in [0.5, 0.6) is 92.0 Å². The Labute approximate surface area is 856 Å². The van der Waals surface area contributed by atoms with Crippen LogP contribution in [0.3, 0.4) is 0 Å². The number of guanidine groups is 16. The van der Waals surface area contributed by atoms with Crippen LogP contribution in [0.2, 0.25) is 0 Å². The summed E-state index contributed by atoms with van der Waals surface area (Å²) in [4.78, 5) is 57.3. The first kappa shape index (κ1) is 126. The lowest BCUT2D eigenvalue weighted by molar-refractivity contribution is 0.402. The number of hydrogen-bond donors (Lipinski definition) is 37. The van der Waals surface area contributed by atoms with Crippen molar-refractivity contribution in [1.82, 2.24) is 44.9 Å². The van der Waals surface area contributed by atoms with E-state index in [9.17, 15) is 61.3 Å². The van der Waals surface area contributed by atoms with Crippen LogP contribution in [0.1, 0.15) is 44.5 Å². The van der Waals surface area contributed by atoms with Crippen molar-refractivity contribution >= 4 is 95.4 Å². The average Bonchev–Trinajstić information content (AvgIpc) is 0.893. The molecule has 0 aliphatic carbocycles. The summed E-state index contributed by atoms with van der Waals surface area (Å²) >= 11 is 0. The number of nitrogens with two attached hydrogens (primary N) is 15. The fourth-order valence-electron chi connectivity index (χ4n) is 10.9. The first-order valence-corrected chi connectivity index (χ1v) is 44.1. The Morgan fingerprint density at radius 2 is 0.581 bits per heavy atom. The number of phenolic OH excluding ortho intramolecular Hbond substituents is 16. The van der Waals surface area contributed by atoms with Gasteiger partial charge in [0.05, 0.1) is 0 Å². The maximum absolute atomic E-state index is 9.40. The molecule has 8 aromatic rings. The summed E-state index contributed by atoms with van der Waals surface area (Å²) in [5.41, 5.74) is 87.8. The van der Waals surface area contributed by atoms with Gasteiger partial charge in [-0.2, -0.15) is 25.0 Å². The molecule has 8 aromatic carbocycles. The van der Waals surface area contributed by atoms with Crippen LogP contribution in [-0.4, -0.2) is 348 Å². The second kappa shape index (κ2) is 66.2. The normalized spacial score (nSPS) is 11.4. The van der Waals surface area contributed by atoms with Gasteiger partial charge in [-0.05, 0) is 193 Å². The van der Waals surface area contributed by atoms with E-state index in [0.29, 0.717) is 116 Å². The van der Waals surface area contributed by atoms with E-state index >= 15 is 0 Å². The van der Waals surface area contributed by atoms with Gasteiger partial charge in [-0.3, -0.25) is 71.7 Å². The minimum Gasteiger partial charge on any atom is -0.504 e. The molecule has 56 heteroatoms. The molecule has 0 aliphatic heterocycles.